The number of benzene rings is 1. The van der Waals surface area contributed by atoms with Gasteiger partial charge in [0.25, 0.3) is 0 Å². The number of rotatable bonds is 4. The number of likely N-dealkylation sites (tertiary alicyclic amines) is 1. The van der Waals surface area contributed by atoms with E-state index >= 15 is 0 Å². The first-order valence-corrected chi connectivity index (χ1v) is 7.03. The van der Waals surface area contributed by atoms with Crippen molar-refractivity contribution in [2.75, 3.05) is 27.3 Å². The van der Waals surface area contributed by atoms with Crippen molar-refractivity contribution < 1.29 is 14.3 Å². The lowest BCUT2D eigenvalue weighted by atomic mass is 10.0. The molecule has 21 heavy (non-hydrogen) atoms. The van der Waals surface area contributed by atoms with Crippen LogP contribution in [0.25, 0.3) is 0 Å². The third-order valence-corrected chi connectivity index (χ3v) is 3.67. The van der Waals surface area contributed by atoms with Gasteiger partial charge in [0.2, 0.25) is 5.91 Å². The largest absolute Gasteiger partial charge is 0.493 e. The Morgan fingerprint density at radius 1 is 1.19 bits per heavy atom. The minimum absolute atomic E-state index is 0.0350. The molecule has 0 aromatic heterocycles. The van der Waals surface area contributed by atoms with E-state index in [4.69, 9.17) is 20.9 Å². The first kappa shape index (κ1) is 15.6. The molecule has 2 atom stereocenters. The van der Waals surface area contributed by atoms with Crippen LogP contribution in [-0.4, -0.2) is 50.2 Å². The Bertz CT molecular complexity index is 497. The minimum Gasteiger partial charge on any atom is -0.493 e. The third-order valence-electron chi connectivity index (χ3n) is 3.67. The van der Waals surface area contributed by atoms with Crippen LogP contribution in [0.1, 0.15) is 12.0 Å². The summed E-state index contributed by atoms with van der Waals surface area (Å²) in [7, 11) is 3.16. The second-order valence-electron chi connectivity index (χ2n) is 5.42. The molecule has 0 spiro atoms. The Hall–Kier alpha value is -1.79. The van der Waals surface area contributed by atoms with Crippen molar-refractivity contribution in [2.24, 2.45) is 11.5 Å². The normalized spacial score (nSPS) is 22.0. The van der Waals surface area contributed by atoms with E-state index in [1.807, 2.05) is 12.1 Å². The Balaban J connectivity index is 2.05. The molecule has 0 saturated carbocycles. The molecule has 1 heterocycles. The van der Waals surface area contributed by atoms with Crippen LogP contribution < -0.4 is 20.9 Å². The quantitative estimate of drug-likeness (QED) is 0.823. The van der Waals surface area contributed by atoms with Gasteiger partial charge in [0.05, 0.1) is 20.6 Å². The van der Waals surface area contributed by atoms with E-state index in [-0.39, 0.29) is 18.0 Å². The summed E-state index contributed by atoms with van der Waals surface area (Å²) in [5.41, 5.74) is 12.7. The molecule has 6 nitrogen and oxygen atoms in total. The second-order valence-corrected chi connectivity index (χ2v) is 5.42. The smallest absolute Gasteiger partial charge is 0.227 e. The van der Waals surface area contributed by atoms with Crippen LogP contribution in [0.5, 0.6) is 11.5 Å². The van der Waals surface area contributed by atoms with Crippen LogP contribution in [0, 0.1) is 0 Å². The summed E-state index contributed by atoms with van der Waals surface area (Å²) in [5, 5.41) is 0. The zero-order valence-corrected chi connectivity index (χ0v) is 12.5. The summed E-state index contributed by atoms with van der Waals surface area (Å²) < 4.78 is 10.4. The molecule has 1 fully saturated rings. The summed E-state index contributed by atoms with van der Waals surface area (Å²) in [5.74, 6) is 1.30. The lowest BCUT2D eigenvalue weighted by molar-refractivity contribution is -0.131. The summed E-state index contributed by atoms with van der Waals surface area (Å²) >= 11 is 0. The fraction of sp³-hybridized carbons (Fsp3) is 0.533. The van der Waals surface area contributed by atoms with E-state index in [1.165, 1.54) is 0 Å². The van der Waals surface area contributed by atoms with Gasteiger partial charge in [-0.1, -0.05) is 6.07 Å². The van der Waals surface area contributed by atoms with Crippen LogP contribution in [0.15, 0.2) is 18.2 Å². The van der Waals surface area contributed by atoms with Crippen LogP contribution in [0.2, 0.25) is 0 Å². The Morgan fingerprint density at radius 2 is 1.81 bits per heavy atom. The van der Waals surface area contributed by atoms with Crippen LogP contribution in [0.3, 0.4) is 0 Å². The van der Waals surface area contributed by atoms with Crippen molar-refractivity contribution in [1.82, 2.24) is 4.90 Å². The highest BCUT2D eigenvalue weighted by Crippen LogP contribution is 2.28. The molecular weight excluding hydrogens is 270 g/mol. The molecule has 6 heteroatoms. The van der Waals surface area contributed by atoms with Crippen molar-refractivity contribution in [3.63, 3.8) is 0 Å². The highest BCUT2D eigenvalue weighted by atomic mass is 16.5. The number of hydrogen-bond acceptors (Lipinski definition) is 5. The van der Waals surface area contributed by atoms with Crippen molar-refractivity contribution in [3.05, 3.63) is 23.8 Å². The maximum Gasteiger partial charge on any atom is 0.227 e. The van der Waals surface area contributed by atoms with E-state index < -0.39 is 0 Å². The predicted molar refractivity (Wildman–Crippen MR) is 80.4 cm³/mol. The number of hydrogen-bond donors (Lipinski definition) is 2. The number of amides is 1. The van der Waals surface area contributed by atoms with Crippen LogP contribution in [0.4, 0.5) is 0 Å². The molecule has 1 aromatic rings. The zero-order valence-electron chi connectivity index (χ0n) is 12.5. The summed E-state index contributed by atoms with van der Waals surface area (Å²) in [4.78, 5) is 14.1. The van der Waals surface area contributed by atoms with Gasteiger partial charge in [0.1, 0.15) is 0 Å². The molecule has 0 radical (unpaired) electrons. The van der Waals surface area contributed by atoms with Gasteiger partial charge in [-0.15, -0.1) is 0 Å². The van der Waals surface area contributed by atoms with Gasteiger partial charge in [-0.2, -0.15) is 0 Å². The Kier molecular flexibility index (Phi) is 5.03. The molecule has 116 valence electrons. The Morgan fingerprint density at radius 3 is 2.38 bits per heavy atom. The monoisotopic (exact) mass is 293 g/mol. The first-order valence-electron chi connectivity index (χ1n) is 7.03. The topological polar surface area (TPSA) is 90.8 Å². The Labute approximate surface area is 125 Å². The fourth-order valence-electron chi connectivity index (χ4n) is 2.66. The number of nitrogens with zero attached hydrogens (tertiary/aromatic N) is 1. The molecule has 1 aromatic carbocycles. The van der Waals surface area contributed by atoms with Crippen molar-refractivity contribution in [2.45, 2.75) is 24.9 Å². The summed E-state index contributed by atoms with van der Waals surface area (Å²) in [6.07, 6.45) is 1.07. The minimum atomic E-state index is -0.0388. The van der Waals surface area contributed by atoms with Crippen LogP contribution in [-0.2, 0) is 11.2 Å². The number of nitrogens with two attached hydrogens (primary N) is 2. The molecule has 0 unspecified atom stereocenters. The van der Waals surface area contributed by atoms with Gasteiger partial charge in [0.15, 0.2) is 11.5 Å². The molecule has 2 rings (SSSR count). The predicted octanol–water partition coefficient (Wildman–Crippen LogP) is 0.133. The summed E-state index contributed by atoms with van der Waals surface area (Å²) in [6, 6.07) is 5.41. The van der Waals surface area contributed by atoms with E-state index in [2.05, 4.69) is 0 Å². The lowest BCUT2D eigenvalue weighted by Gasteiger charge is -2.34. The molecular formula is C15H23N3O3. The highest BCUT2D eigenvalue weighted by molar-refractivity contribution is 5.79. The van der Waals surface area contributed by atoms with Crippen molar-refractivity contribution >= 4 is 5.91 Å². The molecule has 0 aliphatic carbocycles. The first-order chi connectivity index (χ1) is 10.0. The van der Waals surface area contributed by atoms with Gasteiger partial charge >= 0.3 is 0 Å². The maximum absolute atomic E-state index is 12.4. The van der Waals surface area contributed by atoms with Gasteiger partial charge in [0, 0.05) is 25.2 Å². The highest BCUT2D eigenvalue weighted by Gasteiger charge is 2.26. The maximum atomic E-state index is 12.4. The number of methoxy groups -OCH3 is 2. The van der Waals surface area contributed by atoms with Gasteiger partial charge in [-0.3, -0.25) is 4.79 Å². The SMILES string of the molecule is COc1ccc(CC(=O)N2C[C@H](N)C[C@H](N)C2)cc1OC. The van der Waals surface area contributed by atoms with E-state index in [9.17, 15) is 4.79 Å². The molecule has 4 N–H and O–H groups in total. The molecule has 1 aliphatic rings. The zero-order chi connectivity index (χ0) is 15.4. The van der Waals surface area contributed by atoms with Gasteiger partial charge in [-0.25, -0.2) is 0 Å². The fourth-order valence-corrected chi connectivity index (χ4v) is 2.66. The summed E-state index contributed by atoms with van der Waals surface area (Å²) in [6.45, 7) is 1.14. The van der Waals surface area contributed by atoms with E-state index in [1.54, 1.807) is 25.2 Å². The average molecular weight is 293 g/mol. The van der Waals surface area contributed by atoms with E-state index in [0.717, 1.165) is 12.0 Å². The number of ether oxygens (including phenoxy) is 2. The molecule has 1 saturated heterocycles. The lowest BCUT2D eigenvalue weighted by Crippen LogP contribution is -2.54. The second kappa shape index (κ2) is 6.78. The average Bonchev–Trinajstić information content (AvgIpc) is 2.46. The van der Waals surface area contributed by atoms with E-state index in [0.29, 0.717) is 31.0 Å². The molecule has 1 aliphatic heterocycles. The molecule has 1 amide bonds. The van der Waals surface area contributed by atoms with Gasteiger partial charge < -0.3 is 25.8 Å². The van der Waals surface area contributed by atoms with Gasteiger partial charge in [-0.05, 0) is 24.1 Å². The molecule has 0 bridgehead atoms. The standard InChI is InChI=1S/C15H23N3O3/c1-20-13-4-3-10(5-14(13)21-2)6-15(19)18-8-11(16)7-12(17)9-18/h3-5,11-12H,6-9,16-17H2,1-2H3/t11-,12+. The number of carbonyl (C=O) groups is 1. The number of piperidine rings is 1. The third kappa shape index (κ3) is 3.86. The van der Waals surface area contributed by atoms with Crippen molar-refractivity contribution in [1.29, 1.82) is 0 Å². The number of carbonyl (C=O) groups excluding carboxylic acids is 1. The van der Waals surface area contributed by atoms with Crippen molar-refractivity contribution in [3.8, 4) is 11.5 Å². The van der Waals surface area contributed by atoms with Crippen LogP contribution >= 0.6 is 0 Å².